The molecule has 28 heavy (non-hydrogen) atoms. The highest BCUT2D eigenvalue weighted by molar-refractivity contribution is 6.01. The third-order valence-electron chi connectivity index (χ3n) is 4.26. The van der Waals surface area contributed by atoms with Gasteiger partial charge in [0.2, 0.25) is 12.7 Å². The maximum Gasteiger partial charge on any atom is 0.325 e. The summed E-state index contributed by atoms with van der Waals surface area (Å²) in [6.45, 7) is 3.49. The largest absolute Gasteiger partial charge is 0.497 e. The molecule has 8 nitrogen and oxygen atoms in total. The molecule has 3 rings (SSSR count). The number of fused-ring (bicyclic) bond motifs is 1. The molecule has 0 atom stereocenters. The Hall–Kier alpha value is -3.26. The molecule has 1 aliphatic rings. The smallest absolute Gasteiger partial charge is 0.325 e. The third kappa shape index (κ3) is 5.14. The third-order valence-corrected chi connectivity index (χ3v) is 4.26. The molecule has 1 aliphatic heterocycles. The van der Waals surface area contributed by atoms with Crippen LogP contribution < -0.4 is 24.8 Å². The second-order valence-electron chi connectivity index (χ2n) is 6.22. The zero-order valence-corrected chi connectivity index (χ0v) is 15.9. The Morgan fingerprint density at radius 3 is 2.57 bits per heavy atom. The number of anilines is 1. The van der Waals surface area contributed by atoms with Gasteiger partial charge < -0.3 is 19.5 Å². The summed E-state index contributed by atoms with van der Waals surface area (Å²) < 4.78 is 15.6. The summed E-state index contributed by atoms with van der Waals surface area (Å²) in [7, 11) is 1.62. The topological polar surface area (TPSA) is 89.1 Å². The monoisotopic (exact) mass is 385 g/mol. The Morgan fingerprint density at radius 2 is 1.86 bits per heavy atom. The first-order chi connectivity index (χ1) is 13.6. The lowest BCUT2D eigenvalue weighted by molar-refractivity contribution is -0.121. The normalized spacial score (nSPS) is 12.0. The predicted octanol–water partition coefficient (Wildman–Crippen LogP) is 2.59. The van der Waals surface area contributed by atoms with E-state index in [-0.39, 0.29) is 19.2 Å². The van der Waals surface area contributed by atoms with Gasteiger partial charge in [-0.15, -0.1) is 0 Å². The highest BCUT2D eigenvalue weighted by Gasteiger charge is 2.16. The summed E-state index contributed by atoms with van der Waals surface area (Å²) in [6, 6.07) is 12.1. The van der Waals surface area contributed by atoms with Crippen LogP contribution >= 0.6 is 0 Å². The number of nitrogens with one attached hydrogen (secondary N) is 2. The SMILES string of the molecule is CCN(CC(=O)NC(=O)Nc1ccc2c(c1)OCO2)Cc1ccc(OC)cc1. The van der Waals surface area contributed by atoms with Crippen LogP contribution in [0.25, 0.3) is 0 Å². The number of amides is 3. The van der Waals surface area contributed by atoms with Gasteiger partial charge in [0.05, 0.1) is 13.7 Å². The van der Waals surface area contributed by atoms with Gasteiger partial charge in [-0.2, -0.15) is 0 Å². The summed E-state index contributed by atoms with van der Waals surface area (Å²) in [5.41, 5.74) is 1.57. The Kier molecular flexibility index (Phi) is 6.33. The van der Waals surface area contributed by atoms with E-state index in [1.807, 2.05) is 36.1 Å². The van der Waals surface area contributed by atoms with Crippen LogP contribution in [-0.2, 0) is 11.3 Å². The van der Waals surface area contributed by atoms with Crippen LogP contribution in [0.4, 0.5) is 10.5 Å². The number of urea groups is 1. The molecule has 3 amide bonds. The standard InChI is InChI=1S/C20H23N3O5/c1-3-23(11-14-4-7-16(26-2)8-5-14)12-19(24)22-20(25)21-15-6-9-17-18(10-15)28-13-27-17/h4-10H,3,11-13H2,1-2H3,(H2,21,22,24,25). The van der Waals surface area contributed by atoms with Crippen molar-refractivity contribution in [3.8, 4) is 17.2 Å². The van der Waals surface area contributed by atoms with Crippen molar-refractivity contribution in [1.82, 2.24) is 10.2 Å². The summed E-state index contributed by atoms with van der Waals surface area (Å²) in [4.78, 5) is 26.2. The van der Waals surface area contributed by atoms with Crippen LogP contribution in [0.1, 0.15) is 12.5 Å². The van der Waals surface area contributed by atoms with Gasteiger partial charge in [0.1, 0.15) is 5.75 Å². The number of carbonyl (C=O) groups excluding carboxylic acids is 2. The van der Waals surface area contributed by atoms with Crippen molar-refractivity contribution in [2.45, 2.75) is 13.5 Å². The van der Waals surface area contributed by atoms with Crippen LogP contribution in [0.15, 0.2) is 42.5 Å². The Bertz CT molecular complexity index is 838. The number of nitrogens with zero attached hydrogens (tertiary/aromatic N) is 1. The first kappa shape index (κ1) is 19.5. The quantitative estimate of drug-likeness (QED) is 0.762. The summed E-state index contributed by atoms with van der Waals surface area (Å²) in [5, 5.41) is 4.96. The first-order valence-electron chi connectivity index (χ1n) is 8.93. The average molecular weight is 385 g/mol. The molecule has 0 bridgehead atoms. The minimum Gasteiger partial charge on any atom is -0.497 e. The molecule has 0 aromatic heterocycles. The molecule has 2 aromatic carbocycles. The van der Waals surface area contributed by atoms with Crippen LogP contribution in [0, 0.1) is 0 Å². The molecule has 0 radical (unpaired) electrons. The Morgan fingerprint density at radius 1 is 1.11 bits per heavy atom. The van der Waals surface area contributed by atoms with E-state index in [0.717, 1.165) is 11.3 Å². The fraction of sp³-hybridized carbons (Fsp3) is 0.300. The number of likely N-dealkylation sites (N-methyl/N-ethyl adjacent to an activating group) is 1. The number of ether oxygens (including phenoxy) is 3. The van der Waals surface area contributed by atoms with Crippen LogP contribution in [0.3, 0.4) is 0 Å². The highest BCUT2D eigenvalue weighted by Crippen LogP contribution is 2.34. The summed E-state index contributed by atoms with van der Waals surface area (Å²) >= 11 is 0. The zero-order valence-electron chi connectivity index (χ0n) is 15.9. The van der Waals surface area contributed by atoms with E-state index < -0.39 is 6.03 Å². The van der Waals surface area contributed by atoms with Crippen molar-refractivity contribution in [2.75, 3.05) is 32.3 Å². The van der Waals surface area contributed by atoms with Crippen LogP contribution in [-0.4, -0.2) is 43.8 Å². The van der Waals surface area contributed by atoms with Crippen molar-refractivity contribution in [3.63, 3.8) is 0 Å². The molecule has 8 heteroatoms. The number of imide groups is 1. The van der Waals surface area contributed by atoms with Crippen molar-refractivity contribution in [1.29, 1.82) is 0 Å². The van der Waals surface area contributed by atoms with Crippen molar-refractivity contribution in [2.24, 2.45) is 0 Å². The maximum atomic E-state index is 12.2. The fourth-order valence-electron chi connectivity index (χ4n) is 2.77. The van der Waals surface area contributed by atoms with E-state index in [2.05, 4.69) is 10.6 Å². The zero-order chi connectivity index (χ0) is 19.9. The van der Waals surface area contributed by atoms with Crippen LogP contribution in [0.5, 0.6) is 17.2 Å². The van der Waals surface area contributed by atoms with E-state index in [9.17, 15) is 9.59 Å². The molecule has 2 aromatic rings. The molecule has 2 N–H and O–H groups in total. The molecule has 0 saturated carbocycles. The molecular formula is C20H23N3O5. The van der Waals surface area contributed by atoms with Crippen LogP contribution in [0.2, 0.25) is 0 Å². The van der Waals surface area contributed by atoms with Gasteiger partial charge in [0.15, 0.2) is 11.5 Å². The van der Waals surface area contributed by atoms with Gasteiger partial charge in [-0.1, -0.05) is 19.1 Å². The lowest BCUT2D eigenvalue weighted by Crippen LogP contribution is -2.41. The van der Waals surface area contributed by atoms with Gasteiger partial charge in [-0.3, -0.25) is 15.0 Å². The van der Waals surface area contributed by atoms with Gasteiger partial charge in [-0.25, -0.2) is 4.79 Å². The number of carbonyl (C=O) groups is 2. The molecule has 1 heterocycles. The molecule has 0 fully saturated rings. The van der Waals surface area contributed by atoms with Gasteiger partial charge >= 0.3 is 6.03 Å². The van der Waals surface area contributed by atoms with Crippen molar-refractivity contribution >= 4 is 17.6 Å². The van der Waals surface area contributed by atoms with Gasteiger partial charge in [0, 0.05) is 18.3 Å². The second kappa shape index (κ2) is 9.09. The summed E-state index contributed by atoms with van der Waals surface area (Å²) in [5.74, 6) is 1.58. The van der Waals surface area contributed by atoms with Crippen molar-refractivity contribution in [3.05, 3.63) is 48.0 Å². The minimum atomic E-state index is -0.593. The maximum absolute atomic E-state index is 12.2. The predicted molar refractivity (Wildman–Crippen MR) is 104 cm³/mol. The number of methoxy groups -OCH3 is 1. The molecule has 148 valence electrons. The lowest BCUT2D eigenvalue weighted by Gasteiger charge is -2.20. The average Bonchev–Trinajstić information content (AvgIpc) is 3.15. The number of hydrogen-bond acceptors (Lipinski definition) is 6. The number of hydrogen-bond donors (Lipinski definition) is 2. The van der Waals surface area contributed by atoms with E-state index in [4.69, 9.17) is 14.2 Å². The van der Waals surface area contributed by atoms with Crippen molar-refractivity contribution < 1.29 is 23.8 Å². The Labute approximate surface area is 163 Å². The van der Waals surface area contributed by atoms with Gasteiger partial charge in [0.25, 0.3) is 0 Å². The second-order valence-corrected chi connectivity index (χ2v) is 6.22. The fourth-order valence-corrected chi connectivity index (χ4v) is 2.77. The lowest BCUT2D eigenvalue weighted by atomic mass is 10.2. The Balaban J connectivity index is 1.49. The van der Waals surface area contributed by atoms with E-state index in [1.165, 1.54) is 0 Å². The van der Waals surface area contributed by atoms with Gasteiger partial charge in [-0.05, 0) is 36.4 Å². The van der Waals surface area contributed by atoms with E-state index in [0.29, 0.717) is 30.3 Å². The molecule has 0 saturated heterocycles. The first-order valence-corrected chi connectivity index (χ1v) is 8.93. The molecule has 0 unspecified atom stereocenters. The minimum absolute atomic E-state index is 0.108. The molecule has 0 aliphatic carbocycles. The number of rotatable bonds is 7. The van der Waals surface area contributed by atoms with E-state index in [1.54, 1.807) is 25.3 Å². The van der Waals surface area contributed by atoms with E-state index >= 15 is 0 Å². The summed E-state index contributed by atoms with van der Waals surface area (Å²) in [6.07, 6.45) is 0. The molecule has 0 spiro atoms. The number of benzene rings is 2. The molecular weight excluding hydrogens is 362 g/mol. The highest BCUT2D eigenvalue weighted by atomic mass is 16.7.